The normalized spacial score (nSPS) is 28.8. The Morgan fingerprint density at radius 2 is 2.17 bits per heavy atom. The van der Waals surface area contributed by atoms with E-state index in [4.69, 9.17) is 4.74 Å². The van der Waals surface area contributed by atoms with E-state index in [2.05, 4.69) is 18.7 Å². The molecule has 3 heteroatoms. The van der Waals surface area contributed by atoms with Crippen LogP contribution in [-0.2, 0) is 9.53 Å². The first-order valence-electron chi connectivity index (χ1n) is 4.27. The summed E-state index contributed by atoms with van der Waals surface area (Å²) in [5, 5.41) is 0. The van der Waals surface area contributed by atoms with Crippen molar-refractivity contribution in [2.24, 2.45) is 5.41 Å². The Bertz CT molecular complexity index is 189. The van der Waals surface area contributed by atoms with E-state index < -0.39 is 0 Å². The maximum Gasteiger partial charge on any atom is 0.323 e. The lowest BCUT2D eigenvalue weighted by molar-refractivity contribution is -0.148. The lowest BCUT2D eigenvalue weighted by Gasteiger charge is -2.27. The molecular weight excluding hydrogens is 154 g/mol. The van der Waals surface area contributed by atoms with Crippen LogP contribution in [0, 0.1) is 5.41 Å². The Morgan fingerprint density at radius 1 is 1.58 bits per heavy atom. The molecule has 70 valence electrons. The van der Waals surface area contributed by atoms with Gasteiger partial charge in [0.15, 0.2) is 0 Å². The molecule has 1 heterocycles. The van der Waals surface area contributed by atoms with Crippen LogP contribution in [0.2, 0.25) is 0 Å². The van der Waals surface area contributed by atoms with Gasteiger partial charge in [-0.2, -0.15) is 0 Å². The number of methoxy groups -OCH3 is 1. The highest BCUT2D eigenvalue weighted by Gasteiger charge is 2.43. The number of nitrogens with zero attached hydrogens (tertiary/aromatic N) is 1. The summed E-state index contributed by atoms with van der Waals surface area (Å²) >= 11 is 0. The predicted molar refractivity (Wildman–Crippen MR) is 46.8 cm³/mol. The quantitative estimate of drug-likeness (QED) is 0.549. The highest BCUT2D eigenvalue weighted by molar-refractivity contribution is 5.77. The largest absolute Gasteiger partial charge is 0.468 e. The number of hydrogen-bond acceptors (Lipinski definition) is 3. The number of esters is 1. The molecule has 1 rings (SSSR count). The average molecular weight is 171 g/mol. The third-order valence-electron chi connectivity index (χ3n) is 2.71. The summed E-state index contributed by atoms with van der Waals surface area (Å²) in [6.07, 6.45) is 1.06. The van der Waals surface area contributed by atoms with Gasteiger partial charge in [-0.15, -0.1) is 0 Å². The molecule has 3 nitrogen and oxygen atoms in total. The standard InChI is InChI=1S/C9H17NO2/c1-9(2)5-6-10(3)7(9)8(11)12-4/h7H,5-6H2,1-4H3. The van der Waals surface area contributed by atoms with Crippen molar-refractivity contribution in [3.05, 3.63) is 0 Å². The molecule has 0 saturated carbocycles. The Hall–Kier alpha value is -0.570. The van der Waals surface area contributed by atoms with Crippen LogP contribution in [0.1, 0.15) is 20.3 Å². The molecule has 1 unspecified atom stereocenters. The molecule has 0 bridgehead atoms. The number of rotatable bonds is 1. The van der Waals surface area contributed by atoms with Crippen LogP contribution in [0.5, 0.6) is 0 Å². The molecule has 0 radical (unpaired) electrons. The number of likely N-dealkylation sites (tertiary alicyclic amines) is 1. The van der Waals surface area contributed by atoms with Crippen molar-refractivity contribution in [2.45, 2.75) is 26.3 Å². The Labute approximate surface area is 73.7 Å². The van der Waals surface area contributed by atoms with Gasteiger partial charge in [0.1, 0.15) is 6.04 Å². The average Bonchev–Trinajstić information content (AvgIpc) is 2.25. The molecule has 1 fully saturated rings. The highest BCUT2D eigenvalue weighted by atomic mass is 16.5. The zero-order valence-electron chi connectivity index (χ0n) is 8.26. The third-order valence-corrected chi connectivity index (χ3v) is 2.71. The van der Waals surface area contributed by atoms with E-state index in [9.17, 15) is 4.79 Å². The van der Waals surface area contributed by atoms with Gasteiger partial charge in [0, 0.05) is 0 Å². The second kappa shape index (κ2) is 3.05. The first kappa shape index (κ1) is 9.52. The van der Waals surface area contributed by atoms with Crippen LogP contribution >= 0.6 is 0 Å². The van der Waals surface area contributed by atoms with E-state index in [1.54, 1.807) is 0 Å². The number of hydrogen-bond donors (Lipinski definition) is 0. The van der Waals surface area contributed by atoms with E-state index in [1.807, 2.05) is 7.05 Å². The molecule has 1 aliphatic heterocycles. The van der Waals surface area contributed by atoms with Gasteiger partial charge in [-0.1, -0.05) is 13.8 Å². The van der Waals surface area contributed by atoms with Crippen LogP contribution < -0.4 is 0 Å². The van der Waals surface area contributed by atoms with Crippen molar-refractivity contribution in [1.29, 1.82) is 0 Å². The molecule has 0 aromatic heterocycles. The van der Waals surface area contributed by atoms with Gasteiger partial charge < -0.3 is 4.74 Å². The molecular formula is C9H17NO2. The zero-order chi connectivity index (χ0) is 9.35. The van der Waals surface area contributed by atoms with Gasteiger partial charge in [0.25, 0.3) is 0 Å². The lowest BCUT2D eigenvalue weighted by atomic mass is 9.85. The van der Waals surface area contributed by atoms with Crippen LogP contribution in [0.15, 0.2) is 0 Å². The fourth-order valence-corrected chi connectivity index (χ4v) is 1.94. The van der Waals surface area contributed by atoms with E-state index in [-0.39, 0.29) is 17.4 Å². The Morgan fingerprint density at radius 3 is 2.50 bits per heavy atom. The van der Waals surface area contributed by atoms with Crippen molar-refractivity contribution in [2.75, 3.05) is 20.7 Å². The minimum atomic E-state index is -0.111. The van der Waals surface area contributed by atoms with E-state index in [1.165, 1.54) is 7.11 Å². The van der Waals surface area contributed by atoms with Crippen LogP contribution in [0.25, 0.3) is 0 Å². The van der Waals surface area contributed by atoms with Crippen molar-refractivity contribution in [3.8, 4) is 0 Å². The van der Waals surface area contributed by atoms with Gasteiger partial charge in [0.05, 0.1) is 7.11 Å². The summed E-state index contributed by atoms with van der Waals surface area (Å²) in [6, 6.07) is -0.0671. The summed E-state index contributed by atoms with van der Waals surface area (Å²) in [4.78, 5) is 13.4. The molecule has 0 N–H and O–H groups in total. The second-order valence-electron chi connectivity index (χ2n) is 4.14. The van der Waals surface area contributed by atoms with Crippen molar-refractivity contribution in [1.82, 2.24) is 4.90 Å². The first-order valence-corrected chi connectivity index (χ1v) is 4.27. The van der Waals surface area contributed by atoms with Crippen LogP contribution in [0.3, 0.4) is 0 Å². The maximum atomic E-state index is 11.4. The topological polar surface area (TPSA) is 29.5 Å². The number of ether oxygens (including phenoxy) is 1. The summed E-state index contributed by atoms with van der Waals surface area (Å²) in [5.74, 6) is -0.111. The van der Waals surface area contributed by atoms with Crippen molar-refractivity contribution < 1.29 is 9.53 Å². The Kier molecular flexibility index (Phi) is 2.42. The summed E-state index contributed by atoms with van der Waals surface area (Å²) in [6.45, 7) is 5.20. The Balaban J connectivity index is 2.78. The second-order valence-corrected chi connectivity index (χ2v) is 4.14. The monoisotopic (exact) mass is 171 g/mol. The first-order chi connectivity index (χ1) is 5.49. The van der Waals surface area contributed by atoms with E-state index in [0.29, 0.717) is 0 Å². The highest BCUT2D eigenvalue weighted by Crippen LogP contribution is 2.35. The van der Waals surface area contributed by atoms with Crippen LogP contribution in [0.4, 0.5) is 0 Å². The smallest absolute Gasteiger partial charge is 0.323 e. The minimum Gasteiger partial charge on any atom is -0.468 e. The molecule has 12 heavy (non-hydrogen) atoms. The number of carbonyl (C=O) groups is 1. The van der Waals surface area contributed by atoms with Crippen molar-refractivity contribution >= 4 is 5.97 Å². The molecule has 0 amide bonds. The molecule has 1 aliphatic rings. The van der Waals surface area contributed by atoms with Gasteiger partial charge in [-0.25, -0.2) is 0 Å². The summed E-state index contributed by atoms with van der Waals surface area (Å²) < 4.78 is 4.76. The number of carbonyl (C=O) groups excluding carboxylic acids is 1. The molecule has 1 saturated heterocycles. The molecule has 0 spiro atoms. The van der Waals surface area contributed by atoms with Gasteiger partial charge >= 0.3 is 5.97 Å². The number of likely N-dealkylation sites (N-methyl/N-ethyl adjacent to an activating group) is 1. The molecule has 0 aromatic rings. The fraction of sp³-hybridized carbons (Fsp3) is 0.889. The van der Waals surface area contributed by atoms with Gasteiger partial charge in [-0.3, -0.25) is 9.69 Å². The van der Waals surface area contributed by atoms with Crippen LogP contribution in [-0.4, -0.2) is 37.6 Å². The van der Waals surface area contributed by atoms with Gasteiger partial charge in [-0.05, 0) is 25.4 Å². The molecule has 1 atom stereocenters. The third kappa shape index (κ3) is 1.46. The summed E-state index contributed by atoms with van der Waals surface area (Å²) in [5.41, 5.74) is 0.0574. The van der Waals surface area contributed by atoms with Gasteiger partial charge in [0.2, 0.25) is 0 Å². The van der Waals surface area contributed by atoms with E-state index >= 15 is 0 Å². The maximum absolute atomic E-state index is 11.4. The molecule has 0 aliphatic carbocycles. The minimum absolute atomic E-state index is 0.0574. The summed E-state index contributed by atoms with van der Waals surface area (Å²) in [7, 11) is 3.42. The predicted octanol–water partition coefficient (Wildman–Crippen LogP) is 0.890. The zero-order valence-corrected chi connectivity index (χ0v) is 8.26. The lowest BCUT2D eigenvalue weighted by Crippen LogP contribution is -2.41. The van der Waals surface area contributed by atoms with Crippen molar-refractivity contribution in [3.63, 3.8) is 0 Å². The fourth-order valence-electron chi connectivity index (χ4n) is 1.94. The molecule has 0 aromatic carbocycles. The van der Waals surface area contributed by atoms with E-state index in [0.717, 1.165) is 13.0 Å². The SMILES string of the molecule is COC(=O)C1N(C)CCC1(C)C.